The number of amides is 5. The van der Waals surface area contributed by atoms with Crippen molar-refractivity contribution in [1.29, 1.82) is 0 Å². The van der Waals surface area contributed by atoms with Gasteiger partial charge in [0.1, 0.15) is 6.54 Å². The van der Waals surface area contributed by atoms with Crippen LogP contribution in [-0.4, -0.2) is 52.7 Å². The molecule has 8 heteroatoms. The molecule has 130 valence electrons. The van der Waals surface area contributed by atoms with Gasteiger partial charge in [0.15, 0.2) is 0 Å². The number of thiophene rings is 1. The van der Waals surface area contributed by atoms with Gasteiger partial charge in [-0.1, -0.05) is 19.4 Å². The molecule has 5 amide bonds. The van der Waals surface area contributed by atoms with Crippen LogP contribution in [0, 0.1) is 0 Å². The Kier molecular flexibility index (Phi) is 6.08. The molecule has 7 nitrogen and oxygen atoms in total. The van der Waals surface area contributed by atoms with Gasteiger partial charge in [-0.15, -0.1) is 11.3 Å². The van der Waals surface area contributed by atoms with E-state index in [2.05, 4.69) is 5.32 Å². The summed E-state index contributed by atoms with van der Waals surface area (Å²) in [5.74, 6) is -2.25. The lowest BCUT2D eigenvalue weighted by Gasteiger charge is -2.17. The standard InChI is InChI=1S/C16H21N3O4S/c1-3-5-11(2)17-13(20)10-19-15(22)14(21)18(16(19)23)8-7-12-6-4-9-24-12/h4,6,9,11H,3,5,7-8,10H2,1-2H3,(H,17,20). The van der Waals surface area contributed by atoms with Crippen LogP contribution in [0.5, 0.6) is 0 Å². The molecule has 0 aromatic carbocycles. The number of carbonyl (C=O) groups is 4. The van der Waals surface area contributed by atoms with Gasteiger partial charge in [0.05, 0.1) is 0 Å². The monoisotopic (exact) mass is 351 g/mol. The minimum Gasteiger partial charge on any atom is -0.352 e. The van der Waals surface area contributed by atoms with Gasteiger partial charge < -0.3 is 5.32 Å². The van der Waals surface area contributed by atoms with Crippen LogP contribution in [-0.2, 0) is 20.8 Å². The molecule has 1 unspecified atom stereocenters. The largest absolute Gasteiger partial charge is 0.352 e. The zero-order valence-corrected chi connectivity index (χ0v) is 14.6. The number of imide groups is 2. The first-order chi connectivity index (χ1) is 11.4. The molecule has 1 atom stereocenters. The Morgan fingerprint density at radius 2 is 1.96 bits per heavy atom. The van der Waals surface area contributed by atoms with E-state index in [4.69, 9.17) is 0 Å². The maximum atomic E-state index is 12.3. The summed E-state index contributed by atoms with van der Waals surface area (Å²) in [4.78, 5) is 50.8. The Bertz CT molecular complexity index is 629. The molecule has 2 rings (SSSR count). The highest BCUT2D eigenvalue weighted by Crippen LogP contribution is 2.15. The normalized spacial score (nSPS) is 16.0. The van der Waals surface area contributed by atoms with Crippen molar-refractivity contribution < 1.29 is 19.2 Å². The molecular formula is C16H21N3O4S. The van der Waals surface area contributed by atoms with Gasteiger partial charge in [-0.25, -0.2) is 9.69 Å². The van der Waals surface area contributed by atoms with Gasteiger partial charge in [0, 0.05) is 23.9 Å². The highest BCUT2D eigenvalue weighted by Gasteiger charge is 2.44. The molecule has 1 N–H and O–H groups in total. The Morgan fingerprint density at radius 3 is 2.58 bits per heavy atom. The SMILES string of the molecule is CCCC(C)NC(=O)CN1C(=O)C(=O)N(CCc2cccs2)C1=O. The molecule has 0 radical (unpaired) electrons. The van der Waals surface area contributed by atoms with Gasteiger partial charge >= 0.3 is 17.8 Å². The van der Waals surface area contributed by atoms with E-state index in [0.29, 0.717) is 11.3 Å². The van der Waals surface area contributed by atoms with E-state index in [9.17, 15) is 19.2 Å². The Balaban J connectivity index is 1.94. The van der Waals surface area contributed by atoms with E-state index in [1.807, 2.05) is 31.4 Å². The van der Waals surface area contributed by atoms with Gasteiger partial charge in [0.25, 0.3) is 0 Å². The lowest BCUT2D eigenvalue weighted by Crippen LogP contribution is -2.44. The fourth-order valence-electron chi connectivity index (χ4n) is 2.53. The smallest absolute Gasteiger partial charge is 0.334 e. The predicted octanol–water partition coefficient (Wildman–Crippen LogP) is 1.39. The molecule has 2 heterocycles. The molecule has 24 heavy (non-hydrogen) atoms. The summed E-state index contributed by atoms with van der Waals surface area (Å²) in [5, 5.41) is 4.62. The van der Waals surface area contributed by atoms with Crippen LogP contribution >= 0.6 is 11.3 Å². The second-order valence-corrected chi connectivity index (χ2v) is 6.75. The van der Waals surface area contributed by atoms with Crippen LogP contribution in [0.1, 0.15) is 31.6 Å². The first kappa shape index (κ1) is 18.1. The van der Waals surface area contributed by atoms with E-state index in [-0.39, 0.29) is 12.6 Å². The summed E-state index contributed by atoms with van der Waals surface area (Å²) in [6, 6.07) is 3.02. The van der Waals surface area contributed by atoms with E-state index < -0.39 is 30.3 Å². The van der Waals surface area contributed by atoms with Crippen molar-refractivity contribution in [1.82, 2.24) is 15.1 Å². The second kappa shape index (κ2) is 8.05. The molecular weight excluding hydrogens is 330 g/mol. The zero-order valence-electron chi connectivity index (χ0n) is 13.8. The molecule has 1 fully saturated rings. The highest BCUT2D eigenvalue weighted by molar-refractivity contribution is 7.09. The predicted molar refractivity (Wildman–Crippen MR) is 89.4 cm³/mol. The van der Waals surface area contributed by atoms with Crippen LogP contribution in [0.3, 0.4) is 0 Å². The summed E-state index contributed by atoms with van der Waals surface area (Å²) in [6.45, 7) is 3.56. The Hall–Kier alpha value is -2.22. The topological polar surface area (TPSA) is 86.8 Å². The third-order valence-corrected chi connectivity index (χ3v) is 4.66. The van der Waals surface area contributed by atoms with Gasteiger partial charge in [0.2, 0.25) is 5.91 Å². The van der Waals surface area contributed by atoms with Crippen LogP contribution in [0.25, 0.3) is 0 Å². The number of carbonyl (C=O) groups excluding carboxylic acids is 4. The van der Waals surface area contributed by atoms with Crippen molar-refractivity contribution >= 4 is 35.1 Å². The molecule has 1 aliphatic heterocycles. The summed E-state index contributed by atoms with van der Waals surface area (Å²) in [7, 11) is 0. The molecule has 1 saturated heterocycles. The lowest BCUT2D eigenvalue weighted by atomic mass is 10.2. The van der Waals surface area contributed by atoms with E-state index in [1.54, 1.807) is 0 Å². The second-order valence-electron chi connectivity index (χ2n) is 5.72. The molecule has 1 aliphatic rings. The van der Waals surface area contributed by atoms with Crippen LogP contribution in [0.4, 0.5) is 4.79 Å². The van der Waals surface area contributed by atoms with E-state index in [0.717, 1.165) is 22.6 Å². The van der Waals surface area contributed by atoms with Gasteiger partial charge in [-0.3, -0.25) is 19.3 Å². The molecule has 1 aromatic rings. The van der Waals surface area contributed by atoms with Crippen molar-refractivity contribution in [3.8, 4) is 0 Å². The molecule has 0 aliphatic carbocycles. The summed E-state index contributed by atoms with van der Waals surface area (Å²) in [6.07, 6.45) is 2.22. The van der Waals surface area contributed by atoms with Gasteiger partial charge in [-0.05, 0) is 24.8 Å². The number of hydrogen-bond acceptors (Lipinski definition) is 5. The number of nitrogens with zero attached hydrogens (tertiary/aromatic N) is 2. The summed E-state index contributed by atoms with van der Waals surface area (Å²) in [5.41, 5.74) is 0. The minimum absolute atomic E-state index is 0.0408. The van der Waals surface area contributed by atoms with Crippen molar-refractivity contribution in [2.75, 3.05) is 13.1 Å². The molecule has 0 saturated carbocycles. The number of urea groups is 1. The van der Waals surface area contributed by atoms with Crippen molar-refractivity contribution in [2.24, 2.45) is 0 Å². The molecule has 0 spiro atoms. The number of nitrogens with one attached hydrogen (secondary N) is 1. The fraction of sp³-hybridized carbons (Fsp3) is 0.500. The Labute approximate surface area is 144 Å². The molecule has 0 bridgehead atoms. The highest BCUT2D eigenvalue weighted by atomic mass is 32.1. The third kappa shape index (κ3) is 4.19. The summed E-state index contributed by atoms with van der Waals surface area (Å²) < 4.78 is 0. The zero-order chi connectivity index (χ0) is 17.7. The number of hydrogen-bond donors (Lipinski definition) is 1. The maximum Gasteiger partial charge on any atom is 0.334 e. The van der Waals surface area contributed by atoms with Crippen molar-refractivity contribution in [2.45, 2.75) is 39.2 Å². The molecule has 1 aromatic heterocycles. The minimum atomic E-state index is -0.940. The number of rotatable bonds is 8. The maximum absolute atomic E-state index is 12.3. The first-order valence-corrected chi connectivity index (χ1v) is 8.81. The van der Waals surface area contributed by atoms with E-state index >= 15 is 0 Å². The van der Waals surface area contributed by atoms with Crippen LogP contribution in [0.2, 0.25) is 0 Å². The van der Waals surface area contributed by atoms with Crippen molar-refractivity contribution in [3.63, 3.8) is 0 Å². The van der Waals surface area contributed by atoms with Crippen LogP contribution in [0.15, 0.2) is 17.5 Å². The van der Waals surface area contributed by atoms with Crippen LogP contribution < -0.4 is 5.32 Å². The summed E-state index contributed by atoms with van der Waals surface area (Å²) >= 11 is 1.52. The third-order valence-electron chi connectivity index (χ3n) is 3.73. The quantitative estimate of drug-likeness (QED) is 0.566. The Morgan fingerprint density at radius 1 is 1.25 bits per heavy atom. The van der Waals surface area contributed by atoms with Gasteiger partial charge in [-0.2, -0.15) is 0 Å². The lowest BCUT2D eigenvalue weighted by molar-refractivity contribution is -0.144. The van der Waals surface area contributed by atoms with E-state index in [1.165, 1.54) is 11.3 Å². The average molecular weight is 351 g/mol. The van der Waals surface area contributed by atoms with Crippen molar-refractivity contribution in [3.05, 3.63) is 22.4 Å². The first-order valence-electron chi connectivity index (χ1n) is 7.93. The average Bonchev–Trinajstić information content (AvgIpc) is 3.10. The fourth-order valence-corrected chi connectivity index (χ4v) is 3.23.